The van der Waals surface area contributed by atoms with Crippen molar-refractivity contribution in [1.82, 2.24) is 4.90 Å². The van der Waals surface area contributed by atoms with Gasteiger partial charge < -0.3 is 10.2 Å². The molecule has 0 aliphatic carbocycles. The summed E-state index contributed by atoms with van der Waals surface area (Å²) in [4.78, 5) is 13.0. The van der Waals surface area contributed by atoms with Crippen LogP contribution in [0.5, 0.6) is 0 Å². The van der Waals surface area contributed by atoms with E-state index < -0.39 is 5.97 Å². The molecule has 0 saturated carbocycles. The van der Waals surface area contributed by atoms with Crippen molar-refractivity contribution < 1.29 is 15.0 Å². The topological polar surface area (TPSA) is 60.8 Å². The van der Waals surface area contributed by atoms with Crippen LogP contribution in [0.4, 0.5) is 0 Å². The lowest BCUT2D eigenvalue weighted by molar-refractivity contribution is -0.142. The first kappa shape index (κ1) is 18.4. The quantitative estimate of drug-likeness (QED) is 0.542. The Bertz CT molecular complexity index is 283. The van der Waals surface area contributed by atoms with Crippen molar-refractivity contribution in [2.45, 2.75) is 89.7 Å². The standard InChI is InChI=1S/C17H33NO3/c1-2-3-4-5-6-7-8-9-11-15(19)14-18-13-10-12-16(18)17(20)21/h15-16,19H,2-14H2,1H3,(H,20,21)/t15?,16-/m0/s1. The van der Waals surface area contributed by atoms with Gasteiger partial charge in [-0.1, -0.05) is 58.3 Å². The number of aliphatic carboxylic acids is 1. The highest BCUT2D eigenvalue weighted by atomic mass is 16.4. The summed E-state index contributed by atoms with van der Waals surface area (Å²) >= 11 is 0. The van der Waals surface area contributed by atoms with Crippen LogP contribution in [0.1, 0.15) is 77.6 Å². The molecule has 1 unspecified atom stereocenters. The Hall–Kier alpha value is -0.610. The Kier molecular flexibility index (Phi) is 9.68. The highest BCUT2D eigenvalue weighted by Crippen LogP contribution is 2.19. The zero-order valence-electron chi connectivity index (χ0n) is 13.6. The van der Waals surface area contributed by atoms with Crippen molar-refractivity contribution in [3.05, 3.63) is 0 Å². The maximum absolute atomic E-state index is 11.1. The van der Waals surface area contributed by atoms with E-state index in [1.807, 2.05) is 4.90 Å². The minimum atomic E-state index is -0.744. The second-order valence-corrected chi connectivity index (χ2v) is 6.41. The highest BCUT2D eigenvalue weighted by Gasteiger charge is 2.31. The van der Waals surface area contributed by atoms with E-state index in [0.29, 0.717) is 6.54 Å². The van der Waals surface area contributed by atoms with Crippen LogP contribution >= 0.6 is 0 Å². The predicted octanol–water partition coefficient (Wildman–Crippen LogP) is 3.43. The van der Waals surface area contributed by atoms with Crippen molar-refractivity contribution >= 4 is 5.97 Å². The van der Waals surface area contributed by atoms with Gasteiger partial charge in [-0.2, -0.15) is 0 Å². The maximum atomic E-state index is 11.1. The molecule has 1 heterocycles. The number of carboxylic acids is 1. The molecular formula is C17H33NO3. The largest absolute Gasteiger partial charge is 0.480 e. The van der Waals surface area contributed by atoms with Gasteiger partial charge in [0.15, 0.2) is 0 Å². The van der Waals surface area contributed by atoms with Crippen LogP contribution < -0.4 is 0 Å². The van der Waals surface area contributed by atoms with Gasteiger partial charge in [-0.25, -0.2) is 0 Å². The molecule has 0 aromatic rings. The van der Waals surface area contributed by atoms with Crippen LogP contribution in [0.25, 0.3) is 0 Å². The van der Waals surface area contributed by atoms with Gasteiger partial charge in [0.25, 0.3) is 0 Å². The molecule has 0 radical (unpaired) electrons. The summed E-state index contributed by atoms with van der Waals surface area (Å²) in [5.74, 6) is -0.744. The predicted molar refractivity (Wildman–Crippen MR) is 85.5 cm³/mol. The molecule has 1 aliphatic rings. The molecule has 1 rings (SSSR count). The van der Waals surface area contributed by atoms with Crippen LogP contribution in [0.15, 0.2) is 0 Å². The minimum absolute atomic E-state index is 0.370. The minimum Gasteiger partial charge on any atom is -0.480 e. The summed E-state index contributed by atoms with van der Waals surface area (Å²) in [5.41, 5.74) is 0. The second kappa shape index (κ2) is 11.0. The van der Waals surface area contributed by atoms with Crippen molar-refractivity contribution in [1.29, 1.82) is 0 Å². The molecule has 4 heteroatoms. The third-order valence-electron chi connectivity index (χ3n) is 4.48. The summed E-state index contributed by atoms with van der Waals surface area (Å²) < 4.78 is 0. The van der Waals surface area contributed by atoms with Crippen LogP contribution in [-0.4, -0.2) is 46.3 Å². The molecule has 0 aromatic heterocycles. The summed E-state index contributed by atoms with van der Waals surface area (Å²) in [6.07, 6.45) is 12.2. The Morgan fingerprint density at radius 3 is 2.38 bits per heavy atom. The Morgan fingerprint density at radius 2 is 1.76 bits per heavy atom. The smallest absolute Gasteiger partial charge is 0.320 e. The molecule has 0 amide bonds. The van der Waals surface area contributed by atoms with Gasteiger partial charge in [-0.3, -0.25) is 9.69 Å². The van der Waals surface area contributed by atoms with E-state index in [1.165, 1.54) is 44.9 Å². The maximum Gasteiger partial charge on any atom is 0.320 e. The lowest BCUT2D eigenvalue weighted by Crippen LogP contribution is -2.40. The van der Waals surface area contributed by atoms with E-state index in [4.69, 9.17) is 5.11 Å². The number of carbonyl (C=O) groups is 1. The molecule has 2 N–H and O–H groups in total. The number of aliphatic hydroxyl groups is 1. The fourth-order valence-electron chi connectivity index (χ4n) is 3.20. The highest BCUT2D eigenvalue weighted by molar-refractivity contribution is 5.73. The molecule has 0 spiro atoms. The third-order valence-corrected chi connectivity index (χ3v) is 4.48. The van der Waals surface area contributed by atoms with Crippen molar-refractivity contribution in [3.63, 3.8) is 0 Å². The van der Waals surface area contributed by atoms with Crippen LogP contribution in [0, 0.1) is 0 Å². The normalized spacial score (nSPS) is 20.8. The van der Waals surface area contributed by atoms with Gasteiger partial charge in [0, 0.05) is 6.54 Å². The van der Waals surface area contributed by atoms with Crippen LogP contribution in [-0.2, 0) is 4.79 Å². The van der Waals surface area contributed by atoms with Crippen molar-refractivity contribution in [3.8, 4) is 0 Å². The number of unbranched alkanes of at least 4 members (excludes halogenated alkanes) is 7. The Labute approximate surface area is 129 Å². The number of β-amino-alcohol motifs (C(OH)–C–C–N with tert-alkyl or cyclic N) is 1. The van der Waals surface area contributed by atoms with Gasteiger partial charge in [0.2, 0.25) is 0 Å². The summed E-state index contributed by atoms with van der Waals surface area (Å²) in [6.45, 7) is 3.57. The zero-order chi connectivity index (χ0) is 15.5. The molecule has 1 aliphatic heterocycles. The van der Waals surface area contributed by atoms with Crippen LogP contribution in [0.3, 0.4) is 0 Å². The van der Waals surface area contributed by atoms with E-state index >= 15 is 0 Å². The number of rotatable bonds is 12. The number of hydrogen-bond donors (Lipinski definition) is 2. The van der Waals surface area contributed by atoms with Crippen molar-refractivity contribution in [2.24, 2.45) is 0 Å². The van der Waals surface area contributed by atoms with E-state index in [9.17, 15) is 9.90 Å². The van der Waals surface area contributed by atoms with Crippen LogP contribution in [0.2, 0.25) is 0 Å². The fourth-order valence-corrected chi connectivity index (χ4v) is 3.20. The first-order chi connectivity index (χ1) is 10.1. The molecule has 2 atom stereocenters. The Balaban J connectivity index is 2.01. The first-order valence-electron chi connectivity index (χ1n) is 8.80. The van der Waals surface area contributed by atoms with Gasteiger partial charge in [-0.15, -0.1) is 0 Å². The molecule has 21 heavy (non-hydrogen) atoms. The monoisotopic (exact) mass is 299 g/mol. The van der Waals surface area contributed by atoms with Gasteiger partial charge in [0.05, 0.1) is 6.10 Å². The molecule has 0 bridgehead atoms. The van der Waals surface area contributed by atoms with E-state index in [0.717, 1.165) is 32.2 Å². The van der Waals surface area contributed by atoms with E-state index in [-0.39, 0.29) is 12.1 Å². The molecule has 1 saturated heterocycles. The average Bonchev–Trinajstić information content (AvgIpc) is 2.90. The fraction of sp³-hybridized carbons (Fsp3) is 0.941. The number of aliphatic hydroxyl groups excluding tert-OH is 1. The first-order valence-corrected chi connectivity index (χ1v) is 8.80. The second-order valence-electron chi connectivity index (χ2n) is 6.41. The lowest BCUT2D eigenvalue weighted by atomic mass is 10.1. The summed E-state index contributed by atoms with van der Waals surface area (Å²) in [6, 6.07) is -0.377. The van der Waals surface area contributed by atoms with Gasteiger partial charge in [0.1, 0.15) is 6.04 Å². The third kappa shape index (κ3) is 7.82. The number of hydrogen-bond acceptors (Lipinski definition) is 3. The average molecular weight is 299 g/mol. The lowest BCUT2D eigenvalue weighted by Gasteiger charge is -2.23. The molecule has 4 nitrogen and oxygen atoms in total. The molecular weight excluding hydrogens is 266 g/mol. The van der Waals surface area contributed by atoms with Gasteiger partial charge in [-0.05, 0) is 25.8 Å². The SMILES string of the molecule is CCCCCCCCCCC(O)CN1CCC[C@H]1C(=O)O. The summed E-state index contributed by atoms with van der Waals surface area (Å²) in [5, 5.41) is 19.2. The zero-order valence-corrected chi connectivity index (χ0v) is 13.6. The number of nitrogens with zero attached hydrogens (tertiary/aromatic N) is 1. The molecule has 0 aromatic carbocycles. The number of likely N-dealkylation sites (tertiary alicyclic amines) is 1. The van der Waals surface area contributed by atoms with E-state index in [1.54, 1.807) is 0 Å². The summed E-state index contributed by atoms with van der Waals surface area (Å²) in [7, 11) is 0. The molecule has 124 valence electrons. The van der Waals surface area contributed by atoms with Gasteiger partial charge >= 0.3 is 5.97 Å². The number of carboxylic acid groups (broad SMARTS) is 1. The Morgan fingerprint density at radius 1 is 1.14 bits per heavy atom. The van der Waals surface area contributed by atoms with E-state index in [2.05, 4.69) is 6.92 Å². The van der Waals surface area contributed by atoms with Crippen molar-refractivity contribution in [2.75, 3.05) is 13.1 Å². The molecule has 1 fully saturated rings.